The van der Waals surface area contributed by atoms with E-state index < -0.39 is 5.97 Å². The molecule has 1 aromatic carbocycles. The summed E-state index contributed by atoms with van der Waals surface area (Å²) in [5, 5.41) is 8.71. The summed E-state index contributed by atoms with van der Waals surface area (Å²) in [4.78, 5) is 12.7. The summed E-state index contributed by atoms with van der Waals surface area (Å²) in [6.45, 7) is 2.55. The zero-order valence-electron chi connectivity index (χ0n) is 10.4. The van der Waals surface area contributed by atoms with Gasteiger partial charge in [0.05, 0.1) is 13.5 Å². The molecular formula is C13H17NO4. The lowest BCUT2D eigenvalue weighted by Gasteiger charge is -2.18. The van der Waals surface area contributed by atoms with Crippen molar-refractivity contribution in [1.29, 1.82) is 0 Å². The Morgan fingerprint density at radius 3 is 3.11 bits per heavy atom. The molecule has 1 heterocycles. The standard InChI is InChI=1S/C13H17NO4/c1-17-11-2-3-12-10(8-11)9-14(6-7-18-12)5-4-13(15)16/h2-3,8H,4-7,9H2,1H3,(H,15,16). The Morgan fingerprint density at radius 2 is 2.39 bits per heavy atom. The molecular weight excluding hydrogens is 234 g/mol. The summed E-state index contributed by atoms with van der Waals surface area (Å²) >= 11 is 0. The van der Waals surface area contributed by atoms with Crippen molar-refractivity contribution in [2.75, 3.05) is 26.8 Å². The van der Waals surface area contributed by atoms with E-state index in [2.05, 4.69) is 4.90 Å². The Kier molecular flexibility index (Phi) is 4.04. The highest BCUT2D eigenvalue weighted by Gasteiger charge is 2.16. The zero-order valence-corrected chi connectivity index (χ0v) is 10.4. The number of methoxy groups -OCH3 is 1. The van der Waals surface area contributed by atoms with Crippen molar-refractivity contribution in [2.24, 2.45) is 0 Å². The first-order chi connectivity index (χ1) is 8.69. The molecule has 0 radical (unpaired) electrons. The number of ether oxygens (including phenoxy) is 2. The maximum Gasteiger partial charge on any atom is 0.304 e. The molecule has 2 rings (SSSR count). The summed E-state index contributed by atoms with van der Waals surface area (Å²) in [7, 11) is 1.63. The first-order valence-electron chi connectivity index (χ1n) is 5.93. The summed E-state index contributed by atoms with van der Waals surface area (Å²) in [5.41, 5.74) is 1.04. The second-order valence-corrected chi connectivity index (χ2v) is 4.24. The molecule has 0 aliphatic carbocycles. The third-order valence-electron chi connectivity index (χ3n) is 2.97. The lowest BCUT2D eigenvalue weighted by atomic mass is 10.1. The van der Waals surface area contributed by atoms with Gasteiger partial charge in [-0.25, -0.2) is 0 Å². The second kappa shape index (κ2) is 5.73. The fourth-order valence-corrected chi connectivity index (χ4v) is 2.00. The van der Waals surface area contributed by atoms with E-state index in [0.717, 1.165) is 23.6 Å². The molecule has 98 valence electrons. The molecule has 0 fully saturated rings. The summed E-state index contributed by atoms with van der Waals surface area (Å²) < 4.78 is 10.8. The molecule has 0 bridgehead atoms. The Hall–Kier alpha value is -1.75. The molecule has 0 atom stereocenters. The van der Waals surface area contributed by atoms with E-state index in [0.29, 0.717) is 19.7 Å². The molecule has 0 unspecified atom stereocenters. The fraction of sp³-hybridized carbons (Fsp3) is 0.462. The maximum atomic E-state index is 10.6. The van der Waals surface area contributed by atoms with Crippen LogP contribution in [0.4, 0.5) is 0 Å². The van der Waals surface area contributed by atoms with E-state index in [1.165, 1.54) is 0 Å². The average Bonchev–Trinajstić information content (AvgIpc) is 2.56. The van der Waals surface area contributed by atoms with Crippen molar-refractivity contribution in [3.05, 3.63) is 23.8 Å². The maximum absolute atomic E-state index is 10.6. The van der Waals surface area contributed by atoms with Crippen LogP contribution in [0.2, 0.25) is 0 Å². The van der Waals surface area contributed by atoms with Crippen molar-refractivity contribution in [3.8, 4) is 11.5 Å². The van der Waals surface area contributed by atoms with Gasteiger partial charge in [0.1, 0.15) is 18.1 Å². The Balaban J connectivity index is 2.09. The quantitative estimate of drug-likeness (QED) is 0.875. The average molecular weight is 251 g/mol. The van der Waals surface area contributed by atoms with E-state index in [9.17, 15) is 4.79 Å². The topological polar surface area (TPSA) is 59.0 Å². The molecule has 0 spiro atoms. The van der Waals surface area contributed by atoms with Crippen LogP contribution in [0.1, 0.15) is 12.0 Å². The number of hydrogen-bond acceptors (Lipinski definition) is 4. The van der Waals surface area contributed by atoms with Gasteiger partial charge in [0.25, 0.3) is 0 Å². The molecule has 5 heteroatoms. The van der Waals surface area contributed by atoms with Crippen molar-refractivity contribution < 1.29 is 19.4 Å². The SMILES string of the molecule is COc1ccc2c(c1)CN(CCC(=O)O)CCO2. The van der Waals surface area contributed by atoms with Gasteiger partial charge in [0.2, 0.25) is 0 Å². The number of hydrogen-bond donors (Lipinski definition) is 1. The summed E-state index contributed by atoms with van der Waals surface area (Å²) in [5.74, 6) is 0.872. The Labute approximate surface area is 106 Å². The van der Waals surface area contributed by atoms with Crippen LogP contribution in [-0.2, 0) is 11.3 Å². The molecule has 18 heavy (non-hydrogen) atoms. The van der Waals surface area contributed by atoms with Crippen LogP contribution in [0.3, 0.4) is 0 Å². The lowest BCUT2D eigenvalue weighted by Crippen LogP contribution is -2.28. The van der Waals surface area contributed by atoms with Crippen LogP contribution in [0, 0.1) is 0 Å². The molecule has 0 saturated heterocycles. The van der Waals surface area contributed by atoms with Crippen LogP contribution in [0.15, 0.2) is 18.2 Å². The molecule has 1 aliphatic heterocycles. The van der Waals surface area contributed by atoms with E-state index in [4.69, 9.17) is 14.6 Å². The van der Waals surface area contributed by atoms with Gasteiger partial charge in [-0.2, -0.15) is 0 Å². The number of carboxylic acids is 1. The highest BCUT2D eigenvalue weighted by molar-refractivity contribution is 5.66. The third-order valence-corrected chi connectivity index (χ3v) is 2.97. The Bertz CT molecular complexity index is 433. The molecule has 0 amide bonds. The number of aliphatic carboxylic acids is 1. The molecule has 1 N–H and O–H groups in total. The predicted octanol–water partition coefficient (Wildman–Crippen LogP) is 1.36. The van der Waals surface area contributed by atoms with Crippen LogP contribution in [0.25, 0.3) is 0 Å². The predicted molar refractivity (Wildman–Crippen MR) is 66.0 cm³/mol. The van der Waals surface area contributed by atoms with Crippen LogP contribution < -0.4 is 9.47 Å². The van der Waals surface area contributed by atoms with Crippen LogP contribution >= 0.6 is 0 Å². The monoisotopic (exact) mass is 251 g/mol. The van der Waals surface area contributed by atoms with Gasteiger partial charge in [0.15, 0.2) is 0 Å². The molecule has 5 nitrogen and oxygen atoms in total. The van der Waals surface area contributed by atoms with Gasteiger partial charge < -0.3 is 14.6 Å². The highest BCUT2D eigenvalue weighted by atomic mass is 16.5. The molecule has 1 aliphatic rings. The zero-order chi connectivity index (χ0) is 13.0. The largest absolute Gasteiger partial charge is 0.497 e. The van der Waals surface area contributed by atoms with Crippen molar-refractivity contribution in [2.45, 2.75) is 13.0 Å². The minimum absolute atomic E-state index is 0.152. The smallest absolute Gasteiger partial charge is 0.304 e. The first kappa shape index (κ1) is 12.7. The van der Waals surface area contributed by atoms with Gasteiger partial charge in [-0.05, 0) is 18.2 Å². The fourth-order valence-electron chi connectivity index (χ4n) is 2.00. The highest BCUT2D eigenvalue weighted by Crippen LogP contribution is 2.27. The number of fused-ring (bicyclic) bond motifs is 1. The molecule has 1 aromatic rings. The van der Waals surface area contributed by atoms with Crippen molar-refractivity contribution in [3.63, 3.8) is 0 Å². The first-order valence-corrected chi connectivity index (χ1v) is 5.93. The number of nitrogens with zero attached hydrogens (tertiary/aromatic N) is 1. The minimum Gasteiger partial charge on any atom is -0.497 e. The van der Waals surface area contributed by atoms with Gasteiger partial charge in [-0.1, -0.05) is 0 Å². The number of benzene rings is 1. The van der Waals surface area contributed by atoms with Crippen LogP contribution in [0.5, 0.6) is 11.5 Å². The molecule has 0 aromatic heterocycles. The summed E-state index contributed by atoms with van der Waals surface area (Å²) in [6.07, 6.45) is 0.152. The number of carboxylic acid groups (broad SMARTS) is 1. The van der Waals surface area contributed by atoms with E-state index in [-0.39, 0.29) is 6.42 Å². The van der Waals surface area contributed by atoms with E-state index >= 15 is 0 Å². The Morgan fingerprint density at radius 1 is 1.56 bits per heavy atom. The van der Waals surface area contributed by atoms with Crippen LogP contribution in [-0.4, -0.2) is 42.8 Å². The second-order valence-electron chi connectivity index (χ2n) is 4.24. The number of rotatable bonds is 4. The van der Waals surface area contributed by atoms with Gasteiger partial charge in [-0.15, -0.1) is 0 Å². The number of carbonyl (C=O) groups is 1. The summed E-state index contributed by atoms with van der Waals surface area (Å²) in [6, 6.07) is 5.70. The minimum atomic E-state index is -0.772. The van der Waals surface area contributed by atoms with E-state index in [1.807, 2.05) is 18.2 Å². The third kappa shape index (κ3) is 3.13. The van der Waals surface area contributed by atoms with Gasteiger partial charge in [-0.3, -0.25) is 9.69 Å². The van der Waals surface area contributed by atoms with Crippen molar-refractivity contribution in [1.82, 2.24) is 4.90 Å². The van der Waals surface area contributed by atoms with Gasteiger partial charge >= 0.3 is 5.97 Å². The van der Waals surface area contributed by atoms with E-state index in [1.54, 1.807) is 7.11 Å². The van der Waals surface area contributed by atoms with Crippen molar-refractivity contribution >= 4 is 5.97 Å². The van der Waals surface area contributed by atoms with Gasteiger partial charge in [0, 0.05) is 25.2 Å². The normalized spacial score (nSPS) is 15.4. The lowest BCUT2D eigenvalue weighted by molar-refractivity contribution is -0.137. The molecule has 0 saturated carbocycles.